The lowest BCUT2D eigenvalue weighted by Crippen LogP contribution is -2.08. The van der Waals surface area contributed by atoms with E-state index in [9.17, 15) is 0 Å². The lowest BCUT2D eigenvalue weighted by Gasteiger charge is -2.04. The van der Waals surface area contributed by atoms with Gasteiger partial charge in [0.15, 0.2) is 5.22 Å². The van der Waals surface area contributed by atoms with Crippen molar-refractivity contribution < 1.29 is 4.42 Å². The number of furan rings is 1. The Hall–Kier alpha value is -0.290. The highest BCUT2D eigenvalue weighted by Gasteiger charge is 2.14. The van der Waals surface area contributed by atoms with Crippen LogP contribution in [0.1, 0.15) is 16.7 Å². The second-order valence-electron chi connectivity index (χ2n) is 2.76. The Morgan fingerprint density at radius 3 is 2.64 bits per heavy atom. The fourth-order valence-corrected chi connectivity index (χ4v) is 2.72. The molecule has 5 heteroatoms. The molecule has 0 saturated carbocycles. The first-order chi connectivity index (χ1) is 6.66. The molecular formula is C9H7BrClNOS. The highest BCUT2D eigenvalue weighted by Crippen LogP contribution is 2.31. The Bertz CT molecular complexity index is 399. The minimum atomic E-state index is -0.237. The summed E-state index contributed by atoms with van der Waals surface area (Å²) < 4.78 is 6.30. The van der Waals surface area contributed by atoms with Gasteiger partial charge in [-0.25, -0.2) is 0 Å². The van der Waals surface area contributed by atoms with Crippen LogP contribution in [0.4, 0.5) is 0 Å². The summed E-state index contributed by atoms with van der Waals surface area (Å²) in [5, 5.41) is 0.367. The van der Waals surface area contributed by atoms with Crippen LogP contribution in [0, 0.1) is 0 Å². The molecule has 2 aromatic rings. The summed E-state index contributed by atoms with van der Waals surface area (Å²) in [7, 11) is 0. The van der Waals surface area contributed by atoms with Gasteiger partial charge < -0.3 is 10.2 Å². The van der Waals surface area contributed by atoms with Crippen molar-refractivity contribution in [3.63, 3.8) is 0 Å². The molecule has 0 aromatic carbocycles. The van der Waals surface area contributed by atoms with Crippen molar-refractivity contribution in [2.75, 3.05) is 0 Å². The first-order valence-electron chi connectivity index (χ1n) is 3.93. The normalized spacial score (nSPS) is 13.1. The van der Waals surface area contributed by atoms with Crippen molar-refractivity contribution in [2.45, 2.75) is 6.04 Å². The van der Waals surface area contributed by atoms with Crippen LogP contribution in [0.3, 0.4) is 0 Å². The molecule has 1 atom stereocenters. The SMILES string of the molecule is NC(c1ccc(Cl)o1)c1ccc(Br)s1. The third kappa shape index (κ3) is 2.03. The molecule has 0 aliphatic heterocycles. The van der Waals surface area contributed by atoms with E-state index in [2.05, 4.69) is 15.9 Å². The molecule has 2 nitrogen and oxygen atoms in total. The maximum Gasteiger partial charge on any atom is 0.193 e. The molecule has 0 aliphatic rings. The predicted molar refractivity (Wildman–Crippen MR) is 61.8 cm³/mol. The fraction of sp³-hybridized carbons (Fsp3) is 0.111. The molecule has 1 unspecified atom stereocenters. The van der Waals surface area contributed by atoms with E-state index in [1.54, 1.807) is 23.5 Å². The van der Waals surface area contributed by atoms with E-state index in [1.807, 2.05) is 12.1 Å². The molecule has 0 amide bonds. The van der Waals surface area contributed by atoms with Gasteiger partial charge in [0, 0.05) is 4.88 Å². The van der Waals surface area contributed by atoms with Crippen LogP contribution in [0.2, 0.25) is 5.22 Å². The first kappa shape index (κ1) is 10.2. The van der Waals surface area contributed by atoms with Crippen molar-refractivity contribution in [1.29, 1.82) is 0 Å². The van der Waals surface area contributed by atoms with E-state index < -0.39 is 0 Å². The van der Waals surface area contributed by atoms with Crippen LogP contribution in [-0.4, -0.2) is 0 Å². The number of nitrogens with two attached hydrogens (primary N) is 1. The van der Waals surface area contributed by atoms with Crippen LogP contribution in [-0.2, 0) is 0 Å². The maximum atomic E-state index is 5.98. The van der Waals surface area contributed by atoms with Gasteiger partial charge in [-0.15, -0.1) is 11.3 Å². The molecular weight excluding hydrogens is 286 g/mol. The van der Waals surface area contributed by atoms with E-state index in [1.165, 1.54) is 0 Å². The summed E-state index contributed by atoms with van der Waals surface area (Å²) >= 11 is 10.6. The molecule has 2 rings (SSSR count). The van der Waals surface area contributed by atoms with Crippen LogP contribution >= 0.6 is 38.9 Å². The molecule has 0 fully saturated rings. The van der Waals surface area contributed by atoms with Gasteiger partial charge in [0.1, 0.15) is 5.76 Å². The van der Waals surface area contributed by atoms with Gasteiger partial charge in [0.25, 0.3) is 0 Å². The van der Waals surface area contributed by atoms with Crippen molar-refractivity contribution in [3.05, 3.63) is 43.9 Å². The summed E-state index contributed by atoms with van der Waals surface area (Å²) in [6.07, 6.45) is 0. The van der Waals surface area contributed by atoms with Gasteiger partial charge in [0.05, 0.1) is 9.83 Å². The van der Waals surface area contributed by atoms with E-state index in [0.29, 0.717) is 11.0 Å². The summed E-state index contributed by atoms with van der Waals surface area (Å²) in [6.45, 7) is 0. The fourth-order valence-electron chi connectivity index (χ4n) is 1.13. The summed E-state index contributed by atoms with van der Waals surface area (Å²) in [5.41, 5.74) is 5.98. The third-order valence-electron chi connectivity index (χ3n) is 1.80. The summed E-state index contributed by atoms with van der Waals surface area (Å²) in [4.78, 5) is 1.04. The third-order valence-corrected chi connectivity index (χ3v) is 3.71. The second-order valence-corrected chi connectivity index (χ2v) is 5.63. The molecule has 2 heterocycles. The van der Waals surface area contributed by atoms with E-state index in [4.69, 9.17) is 21.8 Å². The molecule has 0 bridgehead atoms. The smallest absolute Gasteiger partial charge is 0.193 e. The predicted octanol–water partition coefficient (Wildman–Crippen LogP) is 3.81. The molecule has 0 spiro atoms. The summed E-state index contributed by atoms with van der Waals surface area (Å²) in [5.74, 6) is 0.685. The van der Waals surface area contributed by atoms with Gasteiger partial charge in [-0.3, -0.25) is 0 Å². The lowest BCUT2D eigenvalue weighted by molar-refractivity contribution is 0.493. The molecule has 14 heavy (non-hydrogen) atoms. The molecule has 0 saturated heterocycles. The van der Waals surface area contributed by atoms with E-state index in [-0.39, 0.29) is 6.04 Å². The largest absolute Gasteiger partial charge is 0.448 e. The maximum absolute atomic E-state index is 5.98. The highest BCUT2D eigenvalue weighted by atomic mass is 79.9. The minimum Gasteiger partial charge on any atom is -0.448 e. The summed E-state index contributed by atoms with van der Waals surface area (Å²) in [6, 6.07) is 7.18. The Morgan fingerprint density at radius 2 is 2.14 bits per heavy atom. The zero-order valence-corrected chi connectivity index (χ0v) is 10.2. The average Bonchev–Trinajstić information content (AvgIpc) is 2.73. The Morgan fingerprint density at radius 1 is 1.36 bits per heavy atom. The number of hydrogen-bond donors (Lipinski definition) is 1. The number of hydrogen-bond acceptors (Lipinski definition) is 3. The zero-order chi connectivity index (χ0) is 10.1. The van der Waals surface area contributed by atoms with Gasteiger partial charge in [-0.05, 0) is 51.8 Å². The molecule has 2 aromatic heterocycles. The monoisotopic (exact) mass is 291 g/mol. The average molecular weight is 293 g/mol. The zero-order valence-electron chi connectivity index (χ0n) is 7.04. The van der Waals surface area contributed by atoms with Crippen molar-refractivity contribution >= 4 is 38.9 Å². The van der Waals surface area contributed by atoms with E-state index in [0.717, 1.165) is 8.66 Å². The van der Waals surface area contributed by atoms with Crippen molar-refractivity contribution in [1.82, 2.24) is 0 Å². The van der Waals surface area contributed by atoms with Gasteiger partial charge in [-0.1, -0.05) is 0 Å². The number of rotatable bonds is 2. The van der Waals surface area contributed by atoms with Crippen molar-refractivity contribution in [2.24, 2.45) is 5.73 Å². The number of thiophene rings is 1. The van der Waals surface area contributed by atoms with Gasteiger partial charge in [-0.2, -0.15) is 0 Å². The standard InChI is InChI=1S/C9H7BrClNOS/c10-7-3-2-6(14-7)9(12)5-1-4-8(11)13-5/h1-4,9H,12H2. The highest BCUT2D eigenvalue weighted by molar-refractivity contribution is 9.11. The molecule has 74 valence electrons. The van der Waals surface area contributed by atoms with Gasteiger partial charge in [0.2, 0.25) is 0 Å². The Labute approximate surface area is 98.8 Å². The van der Waals surface area contributed by atoms with Gasteiger partial charge >= 0.3 is 0 Å². The quantitative estimate of drug-likeness (QED) is 0.914. The topological polar surface area (TPSA) is 39.2 Å². The van der Waals surface area contributed by atoms with Crippen molar-refractivity contribution in [3.8, 4) is 0 Å². The first-order valence-corrected chi connectivity index (χ1v) is 5.91. The van der Waals surface area contributed by atoms with E-state index >= 15 is 0 Å². The Kier molecular flexibility index (Phi) is 2.97. The van der Waals surface area contributed by atoms with Crippen LogP contribution in [0.25, 0.3) is 0 Å². The van der Waals surface area contributed by atoms with Crippen LogP contribution in [0.15, 0.2) is 32.5 Å². The molecule has 0 radical (unpaired) electrons. The second kappa shape index (κ2) is 4.06. The van der Waals surface area contributed by atoms with Crippen LogP contribution in [0.5, 0.6) is 0 Å². The molecule has 0 aliphatic carbocycles. The lowest BCUT2D eigenvalue weighted by atomic mass is 10.2. The molecule has 2 N–H and O–H groups in total. The van der Waals surface area contributed by atoms with Crippen LogP contribution < -0.4 is 5.73 Å². The Balaban J connectivity index is 2.28. The minimum absolute atomic E-state index is 0.237. The number of halogens is 2.